The zero-order chi connectivity index (χ0) is 13.1. The maximum atomic E-state index is 10.7. The highest BCUT2D eigenvalue weighted by atomic mass is 79.9. The highest BCUT2D eigenvalue weighted by molar-refractivity contribution is 9.10. The summed E-state index contributed by atoms with van der Waals surface area (Å²) in [5, 5.41) is 13.8. The molecule has 18 heavy (non-hydrogen) atoms. The van der Waals surface area contributed by atoms with Crippen LogP contribution >= 0.6 is 15.9 Å². The Morgan fingerprint density at radius 1 is 1.56 bits per heavy atom. The third-order valence-corrected chi connectivity index (χ3v) is 3.23. The lowest BCUT2D eigenvalue weighted by molar-refractivity contribution is -0.384. The van der Waals surface area contributed by atoms with Gasteiger partial charge < -0.3 is 9.88 Å². The van der Waals surface area contributed by atoms with E-state index in [1.54, 1.807) is 18.6 Å². The summed E-state index contributed by atoms with van der Waals surface area (Å²) in [6.07, 6.45) is 3.46. The van der Waals surface area contributed by atoms with Crippen LogP contribution < -0.4 is 5.32 Å². The number of halogens is 1. The first-order valence-corrected chi connectivity index (χ1v) is 6.00. The maximum absolute atomic E-state index is 10.7. The van der Waals surface area contributed by atoms with Crippen LogP contribution in [0.25, 0.3) is 0 Å². The molecule has 0 radical (unpaired) electrons. The molecule has 0 aliphatic rings. The quantitative estimate of drug-likeness (QED) is 0.696. The molecule has 1 aromatic carbocycles. The van der Waals surface area contributed by atoms with Gasteiger partial charge in [0.1, 0.15) is 0 Å². The number of nitro groups is 1. The number of aromatic nitrogens is 2. The third-order valence-electron chi connectivity index (χ3n) is 2.54. The highest BCUT2D eigenvalue weighted by Gasteiger charge is 2.09. The molecule has 0 amide bonds. The van der Waals surface area contributed by atoms with Crippen LogP contribution in [-0.2, 0) is 13.6 Å². The van der Waals surface area contributed by atoms with Crippen LogP contribution in [0.5, 0.6) is 0 Å². The van der Waals surface area contributed by atoms with Crippen molar-refractivity contribution in [1.29, 1.82) is 0 Å². The average molecular weight is 311 g/mol. The minimum atomic E-state index is -0.415. The molecule has 2 aromatic rings. The normalized spacial score (nSPS) is 10.3. The number of nitrogens with zero attached hydrogens (tertiary/aromatic N) is 3. The van der Waals surface area contributed by atoms with Crippen LogP contribution in [0.3, 0.4) is 0 Å². The van der Waals surface area contributed by atoms with Crippen molar-refractivity contribution >= 4 is 27.3 Å². The first-order valence-electron chi connectivity index (χ1n) is 5.21. The van der Waals surface area contributed by atoms with Crippen molar-refractivity contribution in [3.05, 3.63) is 51.0 Å². The van der Waals surface area contributed by atoms with Crippen molar-refractivity contribution in [3.63, 3.8) is 0 Å². The van der Waals surface area contributed by atoms with E-state index >= 15 is 0 Å². The Balaban J connectivity index is 2.16. The Labute approximate surface area is 112 Å². The molecule has 7 heteroatoms. The topological polar surface area (TPSA) is 73.0 Å². The van der Waals surface area contributed by atoms with Gasteiger partial charge in [-0.15, -0.1) is 0 Å². The van der Waals surface area contributed by atoms with Gasteiger partial charge in [0, 0.05) is 29.8 Å². The summed E-state index contributed by atoms with van der Waals surface area (Å²) in [5.74, 6) is 0. The molecule has 2 rings (SSSR count). The lowest BCUT2D eigenvalue weighted by Crippen LogP contribution is -2.04. The molecule has 1 aromatic heterocycles. The number of aryl methyl sites for hydroxylation is 1. The summed E-state index contributed by atoms with van der Waals surface area (Å²) < 4.78 is 2.67. The number of hydrogen-bond donors (Lipinski definition) is 1. The first-order chi connectivity index (χ1) is 8.58. The molecule has 0 bridgehead atoms. The van der Waals surface area contributed by atoms with Crippen LogP contribution in [0.15, 0.2) is 35.2 Å². The van der Waals surface area contributed by atoms with Crippen LogP contribution in [0.2, 0.25) is 0 Å². The summed E-state index contributed by atoms with van der Waals surface area (Å²) in [6, 6.07) is 4.61. The monoisotopic (exact) mass is 310 g/mol. The first kappa shape index (κ1) is 12.6. The standard InChI is InChI=1S/C11H11BrN4O2/c1-15-7-13-5-9(15)6-14-11-4-8(16(17)18)2-3-10(11)12/h2-5,7,14H,6H2,1H3. The Kier molecular flexibility index (Phi) is 3.61. The molecule has 0 spiro atoms. The number of rotatable bonds is 4. The molecule has 0 unspecified atom stereocenters. The lowest BCUT2D eigenvalue weighted by Gasteiger charge is -2.08. The molecular formula is C11H11BrN4O2. The van der Waals surface area contributed by atoms with Gasteiger partial charge in [0.2, 0.25) is 0 Å². The molecule has 0 saturated carbocycles. The van der Waals surface area contributed by atoms with E-state index in [4.69, 9.17) is 0 Å². The summed E-state index contributed by atoms with van der Waals surface area (Å²) in [6.45, 7) is 0.552. The van der Waals surface area contributed by atoms with Crippen LogP contribution in [0.1, 0.15) is 5.69 Å². The fraction of sp³-hybridized carbons (Fsp3) is 0.182. The van der Waals surface area contributed by atoms with Crippen molar-refractivity contribution in [3.8, 4) is 0 Å². The predicted octanol–water partition coefficient (Wildman–Crippen LogP) is 2.70. The average Bonchev–Trinajstić information content (AvgIpc) is 2.73. The second kappa shape index (κ2) is 5.18. The fourth-order valence-corrected chi connectivity index (χ4v) is 1.89. The fourth-order valence-electron chi connectivity index (χ4n) is 1.50. The smallest absolute Gasteiger partial charge is 0.271 e. The van der Waals surface area contributed by atoms with E-state index in [2.05, 4.69) is 26.2 Å². The van der Waals surface area contributed by atoms with Gasteiger partial charge in [-0.3, -0.25) is 10.1 Å². The summed E-state index contributed by atoms with van der Waals surface area (Å²) in [5.41, 5.74) is 1.74. The largest absolute Gasteiger partial charge is 0.378 e. The zero-order valence-corrected chi connectivity index (χ0v) is 11.2. The second-order valence-corrected chi connectivity index (χ2v) is 4.63. The summed E-state index contributed by atoms with van der Waals surface area (Å²) in [7, 11) is 1.90. The van der Waals surface area contributed by atoms with Gasteiger partial charge in [-0.1, -0.05) is 0 Å². The van der Waals surface area contributed by atoms with E-state index < -0.39 is 4.92 Å². The minimum absolute atomic E-state index is 0.0608. The number of non-ortho nitro benzene ring substituents is 1. The molecule has 0 aliphatic heterocycles. The van der Waals surface area contributed by atoms with Crippen molar-refractivity contribution < 1.29 is 4.92 Å². The van der Waals surface area contributed by atoms with Gasteiger partial charge in [0.25, 0.3) is 5.69 Å². The SMILES string of the molecule is Cn1cncc1CNc1cc([N+](=O)[O-])ccc1Br. The van der Waals surface area contributed by atoms with E-state index in [9.17, 15) is 10.1 Å². The Hall–Kier alpha value is -1.89. The molecule has 0 saturated heterocycles. The molecule has 0 fully saturated rings. The number of nitro benzene ring substituents is 1. The number of nitrogens with one attached hydrogen (secondary N) is 1. The van der Waals surface area contributed by atoms with Gasteiger partial charge in [-0.2, -0.15) is 0 Å². The van der Waals surface area contributed by atoms with E-state index in [0.717, 1.165) is 10.2 Å². The van der Waals surface area contributed by atoms with Gasteiger partial charge in [-0.05, 0) is 22.0 Å². The van der Waals surface area contributed by atoms with Crippen molar-refractivity contribution in [1.82, 2.24) is 9.55 Å². The summed E-state index contributed by atoms with van der Waals surface area (Å²) >= 11 is 3.35. The number of anilines is 1. The number of hydrogen-bond acceptors (Lipinski definition) is 4. The molecule has 1 heterocycles. The van der Waals surface area contributed by atoms with Crippen LogP contribution in [0, 0.1) is 10.1 Å². The van der Waals surface area contributed by atoms with E-state index in [1.807, 2.05) is 11.6 Å². The molecular weight excluding hydrogens is 300 g/mol. The molecule has 6 nitrogen and oxygen atoms in total. The van der Waals surface area contributed by atoms with Crippen LogP contribution in [-0.4, -0.2) is 14.5 Å². The Morgan fingerprint density at radius 2 is 2.33 bits per heavy atom. The van der Waals surface area contributed by atoms with Gasteiger partial charge >= 0.3 is 0 Å². The lowest BCUT2D eigenvalue weighted by atomic mass is 10.3. The molecule has 0 aliphatic carbocycles. The minimum Gasteiger partial charge on any atom is -0.378 e. The number of imidazole rings is 1. The highest BCUT2D eigenvalue weighted by Crippen LogP contribution is 2.27. The van der Waals surface area contributed by atoms with Gasteiger partial charge in [0.15, 0.2) is 0 Å². The maximum Gasteiger partial charge on any atom is 0.271 e. The number of benzene rings is 1. The molecule has 0 atom stereocenters. The van der Waals surface area contributed by atoms with Crippen molar-refractivity contribution in [2.45, 2.75) is 6.54 Å². The third kappa shape index (κ3) is 2.67. The molecule has 94 valence electrons. The summed E-state index contributed by atoms with van der Waals surface area (Å²) in [4.78, 5) is 14.3. The predicted molar refractivity (Wildman–Crippen MR) is 71.3 cm³/mol. The molecule has 1 N–H and O–H groups in total. The van der Waals surface area contributed by atoms with Crippen LogP contribution in [0.4, 0.5) is 11.4 Å². The van der Waals surface area contributed by atoms with Gasteiger partial charge in [-0.25, -0.2) is 4.98 Å². The van der Waals surface area contributed by atoms with E-state index in [1.165, 1.54) is 12.1 Å². The van der Waals surface area contributed by atoms with Crippen molar-refractivity contribution in [2.75, 3.05) is 5.32 Å². The second-order valence-electron chi connectivity index (χ2n) is 3.77. The Bertz CT molecular complexity index is 582. The van der Waals surface area contributed by atoms with Crippen molar-refractivity contribution in [2.24, 2.45) is 7.05 Å². The van der Waals surface area contributed by atoms with Gasteiger partial charge in [0.05, 0.1) is 29.2 Å². The Morgan fingerprint density at radius 3 is 2.94 bits per heavy atom. The van der Waals surface area contributed by atoms with E-state index in [0.29, 0.717) is 12.2 Å². The zero-order valence-electron chi connectivity index (χ0n) is 9.63. The van der Waals surface area contributed by atoms with E-state index in [-0.39, 0.29) is 5.69 Å².